The van der Waals surface area contributed by atoms with Crippen LogP contribution in [0.15, 0.2) is 65.6 Å². The summed E-state index contributed by atoms with van der Waals surface area (Å²) < 4.78 is 28.8. The third-order valence-corrected chi connectivity index (χ3v) is 6.88. The molecule has 3 rings (SSSR count). The van der Waals surface area contributed by atoms with E-state index in [1.807, 2.05) is 39.8 Å². The molecule has 2 amide bonds. The van der Waals surface area contributed by atoms with Crippen molar-refractivity contribution >= 4 is 44.8 Å². The second kappa shape index (κ2) is 10.1. The summed E-state index contributed by atoms with van der Waals surface area (Å²) in [5.74, 6) is -0.925. The average molecular weight is 514 g/mol. The van der Waals surface area contributed by atoms with Crippen molar-refractivity contribution in [3.05, 3.63) is 87.9 Å². The summed E-state index contributed by atoms with van der Waals surface area (Å²) in [5, 5.41) is 5.54. The number of para-hydroxylation sites is 1. The van der Waals surface area contributed by atoms with Gasteiger partial charge in [0.2, 0.25) is 0 Å². The highest BCUT2D eigenvalue weighted by atomic mass is 35.5. The van der Waals surface area contributed by atoms with Gasteiger partial charge in [-0.2, -0.15) is 0 Å². The van der Waals surface area contributed by atoms with E-state index in [2.05, 4.69) is 15.4 Å². The Kier molecular flexibility index (Phi) is 7.57. The SMILES string of the molecule is Cc1ccc(C)c(NS(=O)(=O)c2cc(C(=O)Nc3ccccc3C(=O)NC(C)(C)C)ccc2Cl)c1. The number of amides is 2. The van der Waals surface area contributed by atoms with Crippen LogP contribution in [0.2, 0.25) is 5.02 Å². The molecule has 0 aliphatic heterocycles. The predicted molar refractivity (Wildman–Crippen MR) is 140 cm³/mol. The second-order valence-corrected chi connectivity index (χ2v) is 11.3. The maximum atomic E-state index is 13.1. The monoisotopic (exact) mass is 513 g/mol. The number of sulfonamides is 1. The first-order valence-corrected chi connectivity index (χ1v) is 12.8. The first-order valence-electron chi connectivity index (χ1n) is 10.9. The van der Waals surface area contributed by atoms with Gasteiger partial charge in [0.1, 0.15) is 4.90 Å². The van der Waals surface area contributed by atoms with Gasteiger partial charge in [-0.25, -0.2) is 8.42 Å². The standard InChI is InChI=1S/C26H28ClN3O4S/c1-16-10-11-17(2)22(14-16)30-35(33,34)23-15-18(12-13-20(23)27)24(31)28-21-9-7-6-8-19(21)25(32)29-26(3,4)5/h6-15,30H,1-5H3,(H,28,31)(H,29,32). The lowest BCUT2D eigenvalue weighted by molar-refractivity contribution is 0.0920. The fourth-order valence-electron chi connectivity index (χ4n) is 3.29. The fourth-order valence-corrected chi connectivity index (χ4v) is 4.94. The zero-order valence-corrected chi connectivity index (χ0v) is 21.8. The minimum Gasteiger partial charge on any atom is -0.347 e. The zero-order valence-electron chi connectivity index (χ0n) is 20.2. The lowest BCUT2D eigenvalue weighted by Gasteiger charge is -2.21. The van der Waals surface area contributed by atoms with Crippen molar-refractivity contribution in [1.29, 1.82) is 0 Å². The molecule has 3 aromatic carbocycles. The molecule has 0 unspecified atom stereocenters. The van der Waals surface area contributed by atoms with Gasteiger partial charge in [0.15, 0.2) is 0 Å². The van der Waals surface area contributed by atoms with Crippen LogP contribution in [0.5, 0.6) is 0 Å². The van der Waals surface area contributed by atoms with Gasteiger partial charge in [0, 0.05) is 11.1 Å². The van der Waals surface area contributed by atoms with Crippen LogP contribution >= 0.6 is 11.6 Å². The van der Waals surface area contributed by atoms with E-state index in [1.54, 1.807) is 37.3 Å². The van der Waals surface area contributed by atoms with Crippen molar-refractivity contribution in [1.82, 2.24) is 5.32 Å². The number of nitrogens with one attached hydrogen (secondary N) is 3. The summed E-state index contributed by atoms with van der Waals surface area (Å²) >= 11 is 6.21. The quantitative estimate of drug-likeness (QED) is 0.402. The average Bonchev–Trinajstić information content (AvgIpc) is 2.75. The Hall–Kier alpha value is -3.36. The molecule has 0 fully saturated rings. The number of hydrogen-bond donors (Lipinski definition) is 3. The Balaban J connectivity index is 1.90. The Morgan fingerprint density at radius 1 is 0.857 bits per heavy atom. The highest BCUT2D eigenvalue weighted by Gasteiger charge is 2.23. The Morgan fingerprint density at radius 3 is 2.23 bits per heavy atom. The van der Waals surface area contributed by atoms with Crippen LogP contribution in [0.25, 0.3) is 0 Å². The summed E-state index contributed by atoms with van der Waals surface area (Å²) in [4.78, 5) is 25.5. The van der Waals surface area contributed by atoms with E-state index in [4.69, 9.17) is 11.6 Å². The van der Waals surface area contributed by atoms with Gasteiger partial charge in [-0.1, -0.05) is 35.9 Å². The van der Waals surface area contributed by atoms with Crippen molar-refractivity contribution in [2.45, 2.75) is 45.1 Å². The van der Waals surface area contributed by atoms with Gasteiger partial charge in [0.25, 0.3) is 21.8 Å². The number of carbonyl (C=O) groups is 2. The van der Waals surface area contributed by atoms with Crippen molar-refractivity contribution < 1.29 is 18.0 Å². The van der Waals surface area contributed by atoms with E-state index >= 15 is 0 Å². The Labute approximate surface area is 211 Å². The molecular formula is C26H28ClN3O4S. The van der Waals surface area contributed by atoms with E-state index in [0.717, 1.165) is 11.1 Å². The molecule has 3 aromatic rings. The summed E-state index contributed by atoms with van der Waals surface area (Å²) in [5.41, 5.74) is 2.25. The van der Waals surface area contributed by atoms with Crippen LogP contribution in [0, 0.1) is 13.8 Å². The fraction of sp³-hybridized carbons (Fsp3) is 0.231. The summed E-state index contributed by atoms with van der Waals surface area (Å²) in [6, 6.07) is 16.0. The van der Waals surface area contributed by atoms with Crippen molar-refractivity contribution in [3.8, 4) is 0 Å². The number of hydrogen-bond acceptors (Lipinski definition) is 4. The van der Waals surface area contributed by atoms with Gasteiger partial charge in [-0.3, -0.25) is 14.3 Å². The van der Waals surface area contributed by atoms with E-state index in [1.165, 1.54) is 18.2 Å². The third-order valence-electron chi connectivity index (χ3n) is 5.03. The lowest BCUT2D eigenvalue weighted by atomic mass is 10.1. The number of rotatable bonds is 6. The molecule has 0 aromatic heterocycles. The number of halogens is 1. The van der Waals surface area contributed by atoms with Gasteiger partial charge in [0.05, 0.1) is 22.0 Å². The molecule has 0 saturated heterocycles. The Bertz CT molecular complexity index is 1400. The first-order chi connectivity index (χ1) is 16.3. The molecule has 184 valence electrons. The third kappa shape index (κ3) is 6.61. The molecule has 3 N–H and O–H groups in total. The number of carbonyl (C=O) groups excluding carboxylic acids is 2. The second-order valence-electron chi connectivity index (χ2n) is 9.27. The molecule has 7 nitrogen and oxygen atoms in total. The Morgan fingerprint density at radius 2 is 1.54 bits per heavy atom. The normalized spacial score (nSPS) is 11.6. The molecule has 0 heterocycles. The van der Waals surface area contributed by atoms with Gasteiger partial charge in [-0.05, 0) is 82.1 Å². The summed E-state index contributed by atoms with van der Waals surface area (Å²) in [7, 11) is -4.08. The topological polar surface area (TPSA) is 104 Å². The van der Waals surface area contributed by atoms with Crippen LogP contribution < -0.4 is 15.4 Å². The highest BCUT2D eigenvalue weighted by Crippen LogP contribution is 2.27. The number of benzene rings is 3. The van der Waals surface area contributed by atoms with Crippen LogP contribution in [-0.4, -0.2) is 25.8 Å². The van der Waals surface area contributed by atoms with Gasteiger partial charge >= 0.3 is 0 Å². The van der Waals surface area contributed by atoms with E-state index in [-0.39, 0.29) is 27.0 Å². The van der Waals surface area contributed by atoms with Crippen molar-refractivity contribution in [2.75, 3.05) is 10.0 Å². The van der Waals surface area contributed by atoms with Crippen LogP contribution in [-0.2, 0) is 10.0 Å². The summed E-state index contributed by atoms with van der Waals surface area (Å²) in [6.45, 7) is 9.21. The van der Waals surface area contributed by atoms with Crippen molar-refractivity contribution in [2.24, 2.45) is 0 Å². The molecule has 0 atom stereocenters. The summed E-state index contributed by atoms with van der Waals surface area (Å²) in [6.07, 6.45) is 0. The number of anilines is 2. The predicted octanol–water partition coefficient (Wildman–Crippen LogP) is 5.54. The largest absolute Gasteiger partial charge is 0.347 e. The van der Waals surface area contributed by atoms with Crippen LogP contribution in [0.3, 0.4) is 0 Å². The van der Waals surface area contributed by atoms with Gasteiger partial charge in [-0.15, -0.1) is 0 Å². The van der Waals surface area contributed by atoms with Crippen LogP contribution in [0.1, 0.15) is 52.6 Å². The molecule has 0 bridgehead atoms. The molecule has 0 spiro atoms. The van der Waals surface area contributed by atoms with Gasteiger partial charge < -0.3 is 10.6 Å². The minimum atomic E-state index is -4.08. The molecule has 0 aliphatic carbocycles. The molecule has 0 aliphatic rings. The number of aryl methyl sites for hydroxylation is 2. The first kappa shape index (κ1) is 26.2. The van der Waals surface area contributed by atoms with Crippen molar-refractivity contribution in [3.63, 3.8) is 0 Å². The zero-order chi connectivity index (χ0) is 26.0. The maximum Gasteiger partial charge on any atom is 0.263 e. The smallest absolute Gasteiger partial charge is 0.263 e. The molecule has 0 saturated carbocycles. The molecule has 35 heavy (non-hydrogen) atoms. The minimum absolute atomic E-state index is 0.0238. The molecule has 0 radical (unpaired) electrons. The van der Waals surface area contributed by atoms with E-state index in [9.17, 15) is 18.0 Å². The maximum absolute atomic E-state index is 13.1. The lowest BCUT2D eigenvalue weighted by Crippen LogP contribution is -2.40. The van der Waals surface area contributed by atoms with E-state index < -0.39 is 21.5 Å². The van der Waals surface area contributed by atoms with E-state index in [0.29, 0.717) is 11.4 Å². The molecule has 9 heteroatoms. The highest BCUT2D eigenvalue weighted by molar-refractivity contribution is 7.92. The molecular weight excluding hydrogens is 486 g/mol. The van der Waals surface area contributed by atoms with Crippen LogP contribution in [0.4, 0.5) is 11.4 Å².